The fourth-order valence-electron chi connectivity index (χ4n) is 3.68. The van der Waals surface area contributed by atoms with Crippen LogP contribution in [0.25, 0.3) is 5.69 Å². The number of piperidine rings is 1. The molecule has 27 heavy (non-hydrogen) atoms. The molecular weight excluding hydrogens is 358 g/mol. The summed E-state index contributed by atoms with van der Waals surface area (Å²) in [5.41, 5.74) is -2.06. The number of likely N-dealkylation sites (tertiary alicyclic amines) is 1. The zero-order valence-electron chi connectivity index (χ0n) is 14.0. The molecule has 4 rings (SSSR count). The van der Waals surface area contributed by atoms with Crippen molar-refractivity contribution in [3.63, 3.8) is 0 Å². The van der Waals surface area contributed by atoms with Crippen molar-refractivity contribution in [2.24, 2.45) is 10.8 Å². The van der Waals surface area contributed by atoms with Crippen LogP contribution < -0.4 is 4.74 Å². The lowest BCUT2D eigenvalue weighted by Gasteiger charge is -2.20. The van der Waals surface area contributed by atoms with Crippen LogP contribution in [0.4, 0.5) is 0 Å². The normalized spacial score (nSPS) is 25.7. The number of nitrogens with zero attached hydrogens (tertiary/aromatic N) is 5. The van der Waals surface area contributed by atoms with Crippen molar-refractivity contribution in [2.45, 2.75) is 6.42 Å². The molecule has 1 aliphatic heterocycles. The Morgan fingerprint density at radius 2 is 1.70 bits per heavy atom. The molecule has 1 saturated carbocycles. The van der Waals surface area contributed by atoms with Gasteiger partial charge < -0.3 is 19.8 Å². The molecule has 2 aromatic rings. The van der Waals surface area contributed by atoms with E-state index in [1.807, 2.05) is 0 Å². The number of carboxylic acid groups (broad SMARTS) is 2. The first-order valence-electron chi connectivity index (χ1n) is 8.09. The number of carbonyl (C=O) groups is 3. The zero-order chi connectivity index (χ0) is 19.2. The Balaban J connectivity index is 1.38. The number of amides is 1. The zero-order valence-corrected chi connectivity index (χ0v) is 14.0. The van der Waals surface area contributed by atoms with Gasteiger partial charge in [-0.15, -0.1) is 5.10 Å². The van der Waals surface area contributed by atoms with E-state index in [4.69, 9.17) is 4.74 Å². The van der Waals surface area contributed by atoms with Gasteiger partial charge in [-0.1, -0.05) is 0 Å². The first-order chi connectivity index (χ1) is 12.9. The Labute approximate surface area is 152 Å². The van der Waals surface area contributed by atoms with E-state index in [1.165, 1.54) is 15.9 Å². The van der Waals surface area contributed by atoms with E-state index in [0.717, 1.165) is 0 Å². The van der Waals surface area contributed by atoms with Crippen molar-refractivity contribution in [3.05, 3.63) is 30.6 Å². The van der Waals surface area contributed by atoms with Crippen LogP contribution in [0, 0.1) is 10.8 Å². The van der Waals surface area contributed by atoms with Crippen LogP contribution in [-0.4, -0.2) is 72.9 Å². The molecule has 11 heteroatoms. The molecule has 0 radical (unpaired) electrons. The van der Waals surface area contributed by atoms with Crippen molar-refractivity contribution in [1.82, 2.24) is 25.1 Å². The van der Waals surface area contributed by atoms with Crippen LogP contribution in [-0.2, 0) is 14.4 Å². The van der Waals surface area contributed by atoms with Gasteiger partial charge in [0.15, 0.2) is 6.61 Å². The van der Waals surface area contributed by atoms with Gasteiger partial charge in [0.05, 0.1) is 5.69 Å². The van der Waals surface area contributed by atoms with Gasteiger partial charge in [0, 0.05) is 13.1 Å². The Kier molecular flexibility index (Phi) is 3.61. The molecule has 0 unspecified atom stereocenters. The second-order valence-corrected chi connectivity index (χ2v) is 6.74. The van der Waals surface area contributed by atoms with E-state index >= 15 is 0 Å². The smallest absolute Gasteiger partial charge is 0.312 e. The van der Waals surface area contributed by atoms with Gasteiger partial charge in [-0.05, 0) is 41.1 Å². The van der Waals surface area contributed by atoms with Gasteiger partial charge >= 0.3 is 11.9 Å². The topological polar surface area (TPSA) is 148 Å². The number of aromatic nitrogens is 4. The molecule has 0 bridgehead atoms. The van der Waals surface area contributed by atoms with Gasteiger partial charge in [0.1, 0.15) is 22.9 Å². The molecule has 2 fully saturated rings. The van der Waals surface area contributed by atoms with Gasteiger partial charge in [-0.2, -0.15) is 0 Å². The van der Waals surface area contributed by atoms with Crippen LogP contribution in [0.5, 0.6) is 5.75 Å². The van der Waals surface area contributed by atoms with Crippen molar-refractivity contribution in [3.8, 4) is 11.4 Å². The molecule has 11 nitrogen and oxygen atoms in total. The lowest BCUT2D eigenvalue weighted by Crippen LogP contribution is -2.37. The minimum absolute atomic E-state index is 0.0495. The lowest BCUT2D eigenvalue weighted by molar-refractivity contribution is -0.151. The molecule has 2 aliphatic rings. The van der Waals surface area contributed by atoms with E-state index in [0.29, 0.717) is 11.4 Å². The van der Waals surface area contributed by atoms with Gasteiger partial charge in [-0.3, -0.25) is 14.4 Å². The Morgan fingerprint density at radius 3 is 2.22 bits per heavy atom. The summed E-state index contributed by atoms with van der Waals surface area (Å²) in [6.45, 7) is -0.542. The maximum absolute atomic E-state index is 12.4. The third kappa shape index (κ3) is 2.50. The van der Waals surface area contributed by atoms with Crippen molar-refractivity contribution in [1.29, 1.82) is 0 Å². The minimum atomic E-state index is -1.39. The third-order valence-electron chi connectivity index (χ3n) is 5.30. The number of tetrazole rings is 1. The highest BCUT2D eigenvalue weighted by Gasteiger charge is 2.81. The summed E-state index contributed by atoms with van der Waals surface area (Å²) in [6.07, 6.45) is 1.49. The first kappa shape index (κ1) is 16.9. The fourth-order valence-corrected chi connectivity index (χ4v) is 3.68. The summed E-state index contributed by atoms with van der Waals surface area (Å²) in [5, 5.41) is 29.6. The predicted molar refractivity (Wildman–Crippen MR) is 86.0 cm³/mol. The number of rotatable bonds is 6. The molecule has 0 spiro atoms. The molecule has 2 atom stereocenters. The number of fused-ring (bicyclic) bond motifs is 1. The number of hydrogen-bond donors (Lipinski definition) is 2. The lowest BCUT2D eigenvalue weighted by atomic mass is 9.97. The van der Waals surface area contributed by atoms with Crippen LogP contribution in [0.3, 0.4) is 0 Å². The molecule has 1 saturated heterocycles. The highest BCUT2D eigenvalue weighted by atomic mass is 16.5. The maximum atomic E-state index is 12.4. The Hall–Kier alpha value is -3.50. The molecule has 2 heterocycles. The average molecular weight is 373 g/mol. The average Bonchev–Trinajstić information content (AvgIpc) is 3.01. The number of aliphatic carboxylic acids is 2. The molecule has 1 aliphatic carbocycles. The van der Waals surface area contributed by atoms with Crippen molar-refractivity contribution >= 4 is 17.8 Å². The van der Waals surface area contributed by atoms with E-state index in [9.17, 15) is 24.6 Å². The highest BCUT2D eigenvalue weighted by molar-refractivity contribution is 5.96. The molecular formula is C16H15N5O6. The van der Waals surface area contributed by atoms with E-state index in [-0.39, 0.29) is 26.1 Å². The van der Waals surface area contributed by atoms with Crippen LogP contribution in [0.1, 0.15) is 6.42 Å². The van der Waals surface area contributed by atoms with Crippen LogP contribution in [0.2, 0.25) is 0 Å². The molecule has 1 amide bonds. The van der Waals surface area contributed by atoms with E-state index < -0.39 is 28.7 Å². The standard InChI is InChI=1S/C16H15N5O6/c22-12(20-7-15(13(23)24)6-16(15,8-20)14(25)26)5-27-11-3-1-10(2-4-11)21-9-17-18-19-21/h1-4,9H,5-8H2,(H,23,24)(H,25,26)/t15-,16+. The second-order valence-electron chi connectivity index (χ2n) is 6.74. The Bertz CT molecular complexity index is 886. The maximum Gasteiger partial charge on any atom is 0.312 e. The largest absolute Gasteiger partial charge is 0.484 e. The highest BCUT2D eigenvalue weighted by Crippen LogP contribution is 2.68. The monoisotopic (exact) mass is 373 g/mol. The number of benzene rings is 1. The number of carboxylic acids is 2. The van der Waals surface area contributed by atoms with E-state index in [2.05, 4.69) is 15.5 Å². The van der Waals surface area contributed by atoms with Gasteiger partial charge in [0.2, 0.25) is 0 Å². The summed E-state index contributed by atoms with van der Waals surface area (Å²) in [5.74, 6) is -2.38. The van der Waals surface area contributed by atoms with Crippen LogP contribution in [0.15, 0.2) is 30.6 Å². The third-order valence-corrected chi connectivity index (χ3v) is 5.30. The fraction of sp³-hybridized carbons (Fsp3) is 0.375. The summed E-state index contributed by atoms with van der Waals surface area (Å²) in [6, 6.07) is 6.70. The van der Waals surface area contributed by atoms with Crippen molar-refractivity contribution < 1.29 is 29.3 Å². The van der Waals surface area contributed by atoms with Gasteiger partial charge in [0.25, 0.3) is 5.91 Å². The van der Waals surface area contributed by atoms with Gasteiger partial charge in [-0.25, -0.2) is 4.68 Å². The first-order valence-corrected chi connectivity index (χ1v) is 8.09. The molecule has 2 N–H and O–H groups in total. The summed E-state index contributed by atoms with van der Waals surface area (Å²) in [4.78, 5) is 36.6. The summed E-state index contributed by atoms with van der Waals surface area (Å²) >= 11 is 0. The molecule has 1 aromatic carbocycles. The number of carbonyl (C=O) groups excluding carboxylic acids is 1. The van der Waals surface area contributed by atoms with E-state index in [1.54, 1.807) is 24.3 Å². The quantitative estimate of drug-likeness (QED) is 0.679. The SMILES string of the molecule is O=C(COc1ccc(-n2cnnn2)cc1)N1C[C@@]2(C(=O)O)C[C@@]2(C(=O)O)C1. The van der Waals surface area contributed by atoms with Crippen molar-refractivity contribution in [2.75, 3.05) is 19.7 Å². The summed E-state index contributed by atoms with van der Waals surface area (Å²) < 4.78 is 6.90. The summed E-state index contributed by atoms with van der Waals surface area (Å²) in [7, 11) is 0. The minimum Gasteiger partial charge on any atom is -0.484 e. The number of ether oxygens (including phenoxy) is 1. The predicted octanol–water partition coefficient (Wildman–Crippen LogP) is -0.571. The molecule has 1 aromatic heterocycles. The molecule has 140 valence electrons. The second kappa shape index (κ2) is 5.76. The Morgan fingerprint density at radius 1 is 1.07 bits per heavy atom. The van der Waals surface area contributed by atoms with Crippen LogP contribution >= 0.6 is 0 Å². The number of hydrogen-bond acceptors (Lipinski definition) is 7.